The number of piperidine rings is 1. The summed E-state index contributed by atoms with van der Waals surface area (Å²) in [6.07, 6.45) is 0.706. The molecule has 2 heterocycles. The molecular weight excluding hydrogens is 503 g/mol. The van der Waals surface area contributed by atoms with E-state index in [4.69, 9.17) is 13.9 Å². The molecule has 2 aromatic rings. The van der Waals surface area contributed by atoms with E-state index >= 15 is 4.39 Å². The molecule has 0 saturated carbocycles. The molecule has 2 aliphatic rings. The van der Waals surface area contributed by atoms with Crippen molar-refractivity contribution in [2.75, 3.05) is 31.7 Å². The molecule has 0 bridgehead atoms. The second-order valence-electron chi connectivity index (χ2n) is 11.9. The van der Waals surface area contributed by atoms with E-state index in [1.165, 1.54) is 11.0 Å². The Morgan fingerprint density at radius 1 is 1.16 bits per heavy atom. The predicted octanol–water partition coefficient (Wildman–Crippen LogP) is 4.81. The summed E-state index contributed by atoms with van der Waals surface area (Å²) >= 11 is 0. The average molecular weight is 545 g/mol. The highest BCUT2D eigenvalue weighted by Gasteiger charge is 2.47. The van der Waals surface area contributed by atoms with E-state index in [2.05, 4.69) is 39.2 Å². The third-order valence-corrected chi connectivity index (χ3v) is 12.7. The summed E-state index contributed by atoms with van der Waals surface area (Å²) in [5.74, 6) is 0.608. The number of fused-ring (bicyclic) bond motifs is 1. The van der Waals surface area contributed by atoms with Crippen molar-refractivity contribution >= 4 is 19.9 Å². The lowest BCUT2D eigenvalue weighted by molar-refractivity contribution is -0.119. The zero-order valence-corrected chi connectivity index (χ0v) is 24.4. The highest BCUT2D eigenvalue weighted by Crippen LogP contribution is 2.41. The molecule has 0 aromatic heterocycles. The van der Waals surface area contributed by atoms with Gasteiger partial charge in [0.25, 0.3) is 0 Å². The van der Waals surface area contributed by atoms with Crippen molar-refractivity contribution in [1.29, 1.82) is 0 Å². The number of amides is 1. The number of hydrogen-bond donors (Lipinski definition) is 2. The highest BCUT2D eigenvalue weighted by molar-refractivity contribution is 6.74. The second kappa shape index (κ2) is 11.0. The Hall–Kier alpha value is -2.46. The number of carbonyl (C=O) groups excluding carboxylic acids is 1. The zero-order chi connectivity index (χ0) is 27.7. The maximum Gasteiger partial charge on any atom is 0.227 e. The van der Waals surface area contributed by atoms with Crippen molar-refractivity contribution in [2.45, 2.75) is 76.4 Å². The molecule has 2 N–H and O–H groups in total. The van der Waals surface area contributed by atoms with Gasteiger partial charge in [-0.3, -0.25) is 4.79 Å². The second-order valence-corrected chi connectivity index (χ2v) is 16.7. The SMILES string of the molecule is COc1ccc(CN2C(=O)CCc3c(OCC4(O)CCNCC4O[Si](C)(C)C(C)(C)C)ccc(F)c32)cc1. The number of anilines is 1. The molecule has 4 rings (SSSR count). The van der Waals surface area contributed by atoms with Gasteiger partial charge in [-0.05, 0) is 67.3 Å². The molecule has 1 fully saturated rings. The largest absolute Gasteiger partial charge is 0.497 e. The fraction of sp³-hybridized carbons (Fsp3) is 0.552. The zero-order valence-electron chi connectivity index (χ0n) is 23.4. The number of ether oxygens (including phenoxy) is 2. The van der Waals surface area contributed by atoms with E-state index in [1.54, 1.807) is 13.2 Å². The molecule has 38 heavy (non-hydrogen) atoms. The van der Waals surface area contributed by atoms with E-state index in [0.29, 0.717) is 43.0 Å². The van der Waals surface area contributed by atoms with Crippen LogP contribution in [0.5, 0.6) is 11.5 Å². The van der Waals surface area contributed by atoms with Gasteiger partial charge < -0.3 is 29.2 Å². The number of halogens is 1. The summed E-state index contributed by atoms with van der Waals surface area (Å²) in [7, 11) is -0.542. The molecule has 2 unspecified atom stereocenters. The molecule has 0 spiro atoms. The van der Waals surface area contributed by atoms with Gasteiger partial charge in [0.2, 0.25) is 5.91 Å². The van der Waals surface area contributed by atoms with E-state index in [-0.39, 0.29) is 36.2 Å². The van der Waals surface area contributed by atoms with Crippen molar-refractivity contribution in [3.63, 3.8) is 0 Å². The number of benzene rings is 2. The van der Waals surface area contributed by atoms with Crippen LogP contribution in [0.1, 0.15) is 44.7 Å². The van der Waals surface area contributed by atoms with Gasteiger partial charge in [-0.15, -0.1) is 0 Å². The summed E-state index contributed by atoms with van der Waals surface area (Å²) in [5.41, 5.74) is 0.584. The molecule has 9 heteroatoms. The normalized spacial score (nSPS) is 22.3. The lowest BCUT2D eigenvalue weighted by Crippen LogP contribution is -2.62. The maximum absolute atomic E-state index is 15.2. The minimum absolute atomic E-state index is 0.00211. The third-order valence-electron chi connectivity index (χ3n) is 8.23. The summed E-state index contributed by atoms with van der Waals surface area (Å²) in [6.45, 7) is 12.3. The molecule has 208 valence electrons. The van der Waals surface area contributed by atoms with E-state index < -0.39 is 25.8 Å². The average Bonchev–Trinajstić information content (AvgIpc) is 2.86. The summed E-state index contributed by atoms with van der Waals surface area (Å²) < 4.78 is 33.3. The first-order valence-corrected chi connectivity index (χ1v) is 16.2. The minimum Gasteiger partial charge on any atom is -0.497 e. The first kappa shape index (κ1) is 28.5. The van der Waals surface area contributed by atoms with Crippen LogP contribution in [0.15, 0.2) is 36.4 Å². The van der Waals surface area contributed by atoms with Gasteiger partial charge in [-0.25, -0.2) is 4.39 Å². The molecule has 7 nitrogen and oxygen atoms in total. The Kier molecular flexibility index (Phi) is 8.23. The Bertz CT molecular complexity index is 1150. The number of nitrogens with zero attached hydrogens (tertiary/aromatic N) is 1. The van der Waals surface area contributed by atoms with Crippen LogP contribution >= 0.6 is 0 Å². The Balaban J connectivity index is 1.56. The number of hydrogen-bond acceptors (Lipinski definition) is 6. The lowest BCUT2D eigenvalue weighted by atomic mass is 9.90. The van der Waals surface area contributed by atoms with E-state index in [0.717, 1.165) is 5.56 Å². The number of carbonyl (C=O) groups is 1. The molecule has 0 aliphatic carbocycles. The monoisotopic (exact) mass is 544 g/mol. The smallest absolute Gasteiger partial charge is 0.227 e. The van der Waals surface area contributed by atoms with Crippen LogP contribution in [-0.2, 0) is 22.2 Å². The summed E-state index contributed by atoms with van der Waals surface area (Å²) in [6, 6.07) is 10.3. The molecule has 1 amide bonds. The molecule has 2 aromatic carbocycles. The fourth-order valence-electron chi connectivity index (χ4n) is 4.77. The Morgan fingerprint density at radius 2 is 1.87 bits per heavy atom. The lowest BCUT2D eigenvalue weighted by Gasteiger charge is -2.46. The minimum atomic E-state index is -2.14. The van der Waals surface area contributed by atoms with Gasteiger partial charge in [0.05, 0.1) is 25.4 Å². The summed E-state index contributed by atoms with van der Waals surface area (Å²) in [4.78, 5) is 14.4. The van der Waals surface area contributed by atoms with Crippen molar-refractivity contribution in [1.82, 2.24) is 5.32 Å². The topological polar surface area (TPSA) is 80.3 Å². The van der Waals surface area contributed by atoms with E-state index in [1.807, 2.05) is 24.3 Å². The predicted molar refractivity (Wildman–Crippen MR) is 149 cm³/mol. The van der Waals surface area contributed by atoms with Gasteiger partial charge in [0, 0.05) is 18.5 Å². The number of aliphatic hydroxyl groups is 1. The van der Waals surface area contributed by atoms with Crippen LogP contribution in [0.3, 0.4) is 0 Å². The number of rotatable bonds is 8. The van der Waals surface area contributed by atoms with E-state index in [9.17, 15) is 9.90 Å². The van der Waals surface area contributed by atoms with Crippen molar-refractivity contribution in [2.24, 2.45) is 0 Å². The summed E-state index contributed by atoms with van der Waals surface area (Å²) in [5, 5.41) is 15.0. The van der Waals surface area contributed by atoms with Crippen LogP contribution in [0.4, 0.5) is 10.1 Å². The molecular formula is C29H41FN2O5Si. The van der Waals surface area contributed by atoms with Crippen molar-refractivity contribution in [3.05, 3.63) is 53.3 Å². The highest BCUT2D eigenvalue weighted by atomic mass is 28.4. The maximum atomic E-state index is 15.2. The fourth-order valence-corrected chi connectivity index (χ4v) is 6.14. The Labute approximate surface area is 226 Å². The molecule has 0 radical (unpaired) electrons. The Morgan fingerprint density at radius 3 is 2.53 bits per heavy atom. The molecule has 1 saturated heterocycles. The van der Waals surface area contributed by atoms with Crippen LogP contribution in [0.2, 0.25) is 18.1 Å². The van der Waals surface area contributed by atoms with Crippen LogP contribution in [0.25, 0.3) is 0 Å². The van der Waals surface area contributed by atoms with Crippen LogP contribution in [0, 0.1) is 5.82 Å². The first-order chi connectivity index (χ1) is 17.8. The van der Waals surface area contributed by atoms with Gasteiger partial charge in [0.1, 0.15) is 29.5 Å². The van der Waals surface area contributed by atoms with Crippen LogP contribution in [-0.4, -0.2) is 57.8 Å². The molecule has 2 aliphatic heterocycles. The van der Waals surface area contributed by atoms with Crippen molar-refractivity contribution in [3.8, 4) is 11.5 Å². The van der Waals surface area contributed by atoms with Crippen molar-refractivity contribution < 1.29 is 28.2 Å². The standard InChI is InChI=1S/C29H41FN2O5Si/c1-28(2,3)38(5,6)37-25-17-31-16-15-29(25,34)19-36-24-13-12-23(30)27-22(24)11-14-26(33)32(27)18-20-7-9-21(35-4)10-8-20/h7-10,12-13,25,31,34H,11,14-19H2,1-6H3. The van der Waals surface area contributed by atoms with Gasteiger partial charge >= 0.3 is 0 Å². The number of nitrogens with one attached hydrogen (secondary N) is 1. The number of methoxy groups -OCH3 is 1. The molecule has 2 atom stereocenters. The van der Waals surface area contributed by atoms with Crippen LogP contribution < -0.4 is 19.7 Å². The first-order valence-electron chi connectivity index (χ1n) is 13.3. The van der Waals surface area contributed by atoms with Gasteiger partial charge in [-0.2, -0.15) is 0 Å². The third kappa shape index (κ3) is 5.91. The quantitative estimate of drug-likeness (QED) is 0.465. The van der Waals surface area contributed by atoms with Gasteiger partial charge in [0.15, 0.2) is 8.32 Å². The van der Waals surface area contributed by atoms with Gasteiger partial charge in [-0.1, -0.05) is 32.9 Å².